The van der Waals surface area contributed by atoms with Crippen molar-refractivity contribution in [1.29, 1.82) is 0 Å². The summed E-state index contributed by atoms with van der Waals surface area (Å²) in [5, 5.41) is 4.85. The maximum atomic E-state index is 5.52. The lowest BCUT2D eigenvalue weighted by molar-refractivity contribution is 0.324. The van der Waals surface area contributed by atoms with Crippen LogP contribution < -0.4 is 14.2 Å². The van der Waals surface area contributed by atoms with E-state index in [4.69, 9.17) is 19.3 Å². The van der Waals surface area contributed by atoms with Crippen LogP contribution in [-0.4, -0.2) is 35.9 Å². The summed E-state index contributed by atoms with van der Waals surface area (Å²) >= 11 is 0. The predicted molar refractivity (Wildman–Crippen MR) is 122 cm³/mol. The van der Waals surface area contributed by atoms with E-state index in [1.54, 1.807) is 27.5 Å². The first kappa shape index (κ1) is 20.7. The Bertz CT molecular complexity index is 1200. The van der Waals surface area contributed by atoms with Crippen LogP contribution in [-0.2, 0) is 5.41 Å². The Morgan fingerprint density at radius 2 is 1.42 bits per heavy atom. The number of benzene rings is 2. The van der Waals surface area contributed by atoms with Crippen molar-refractivity contribution in [3.63, 3.8) is 0 Å². The van der Waals surface area contributed by atoms with Crippen molar-refractivity contribution in [3.8, 4) is 39.8 Å². The van der Waals surface area contributed by atoms with Crippen LogP contribution in [0.4, 0.5) is 0 Å². The van der Waals surface area contributed by atoms with Gasteiger partial charge in [-0.2, -0.15) is 5.10 Å². The Morgan fingerprint density at radius 1 is 0.774 bits per heavy atom. The molecule has 4 rings (SSSR count). The summed E-state index contributed by atoms with van der Waals surface area (Å²) in [6.45, 7) is 6.63. The standard InChI is InChI=1S/C25H27N3O3/c1-25(2,3)18-9-7-16(8-10-18)19-15-23-26-12-11-20(28(23)27-19)17-13-21(29-4)24(31-6)22(14-17)30-5/h7-15H,1-6H3. The van der Waals surface area contributed by atoms with Gasteiger partial charge in [0, 0.05) is 23.4 Å². The van der Waals surface area contributed by atoms with Crippen molar-refractivity contribution in [2.75, 3.05) is 21.3 Å². The fourth-order valence-electron chi connectivity index (χ4n) is 3.62. The van der Waals surface area contributed by atoms with Crippen LogP contribution in [0.5, 0.6) is 17.2 Å². The number of methoxy groups -OCH3 is 3. The monoisotopic (exact) mass is 417 g/mol. The molecule has 0 atom stereocenters. The van der Waals surface area contributed by atoms with Crippen LogP contribution in [0.1, 0.15) is 26.3 Å². The normalized spacial score (nSPS) is 11.5. The predicted octanol–water partition coefficient (Wildman–Crippen LogP) is 5.39. The molecule has 0 aliphatic rings. The van der Waals surface area contributed by atoms with Gasteiger partial charge < -0.3 is 14.2 Å². The van der Waals surface area contributed by atoms with Crippen molar-refractivity contribution < 1.29 is 14.2 Å². The van der Waals surface area contributed by atoms with Gasteiger partial charge in [-0.1, -0.05) is 45.0 Å². The van der Waals surface area contributed by atoms with Gasteiger partial charge in [0.15, 0.2) is 17.1 Å². The summed E-state index contributed by atoms with van der Waals surface area (Å²) in [6.07, 6.45) is 1.78. The molecule has 0 amide bonds. The number of rotatable bonds is 5. The molecule has 0 aliphatic heterocycles. The highest BCUT2D eigenvalue weighted by molar-refractivity contribution is 5.72. The van der Waals surface area contributed by atoms with E-state index in [1.807, 2.05) is 28.8 Å². The van der Waals surface area contributed by atoms with Gasteiger partial charge in [0.05, 0.1) is 32.7 Å². The summed E-state index contributed by atoms with van der Waals surface area (Å²) < 4.78 is 18.3. The second-order valence-electron chi connectivity index (χ2n) is 8.37. The molecule has 31 heavy (non-hydrogen) atoms. The third-order valence-corrected chi connectivity index (χ3v) is 5.37. The molecule has 6 heteroatoms. The van der Waals surface area contributed by atoms with Crippen molar-refractivity contribution in [2.45, 2.75) is 26.2 Å². The van der Waals surface area contributed by atoms with Crippen LogP contribution in [0.2, 0.25) is 0 Å². The first-order chi connectivity index (χ1) is 14.9. The molecule has 2 aromatic carbocycles. The molecular formula is C25H27N3O3. The van der Waals surface area contributed by atoms with Gasteiger partial charge in [-0.05, 0) is 29.2 Å². The molecule has 6 nitrogen and oxygen atoms in total. The fraction of sp³-hybridized carbons (Fsp3) is 0.280. The minimum absolute atomic E-state index is 0.110. The molecule has 0 saturated heterocycles. The molecule has 0 N–H and O–H groups in total. The van der Waals surface area contributed by atoms with Gasteiger partial charge in [0.25, 0.3) is 0 Å². The molecule has 0 spiro atoms. The average molecular weight is 418 g/mol. The second kappa shape index (κ2) is 7.95. The van der Waals surface area contributed by atoms with Crippen molar-refractivity contribution in [1.82, 2.24) is 14.6 Å². The van der Waals surface area contributed by atoms with Gasteiger partial charge in [0.1, 0.15) is 0 Å². The fourth-order valence-corrected chi connectivity index (χ4v) is 3.62. The first-order valence-electron chi connectivity index (χ1n) is 10.1. The maximum absolute atomic E-state index is 5.52. The number of fused-ring (bicyclic) bond motifs is 1. The summed E-state index contributed by atoms with van der Waals surface area (Å²) in [4.78, 5) is 4.50. The van der Waals surface area contributed by atoms with E-state index in [-0.39, 0.29) is 5.41 Å². The lowest BCUT2D eigenvalue weighted by Crippen LogP contribution is -2.10. The van der Waals surface area contributed by atoms with Crippen molar-refractivity contribution >= 4 is 5.65 Å². The topological polar surface area (TPSA) is 57.9 Å². The highest BCUT2D eigenvalue weighted by Crippen LogP contribution is 2.41. The van der Waals surface area contributed by atoms with Gasteiger partial charge in [0.2, 0.25) is 5.75 Å². The minimum atomic E-state index is 0.110. The van der Waals surface area contributed by atoms with E-state index < -0.39 is 0 Å². The van der Waals surface area contributed by atoms with E-state index in [2.05, 4.69) is 50.0 Å². The number of hydrogen-bond acceptors (Lipinski definition) is 5. The van der Waals surface area contributed by atoms with Crippen molar-refractivity contribution in [2.24, 2.45) is 0 Å². The number of ether oxygens (including phenoxy) is 3. The molecule has 160 valence electrons. The van der Waals surface area contributed by atoms with E-state index >= 15 is 0 Å². The molecule has 0 fully saturated rings. The summed E-state index contributed by atoms with van der Waals surface area (Å²) in [6, 6.07) is 16.3. The molecule has 2 aromatic heterocycles. The van der Waals surface area contributed by atoms with Gasteiger partial charge in [-0.15, -0.1) is 0 Å². The quantitative estimate of drug-likeness (QED) is 0.436. The van der Waals surface area contributed by atoms with Crippen LogP contribution in [0.15, 0.2) is 54.7 Å². The zero-order valence-electron chi connectivity index (χ0n) is 18.8. The number of aromatic nitrogens is 3. The van der Waals surface area contributed by atoms with E-state index in [0.29, 0.717) is 17.2 Å². The minimum Gasteiger partial charge on any atom is -0.493 e. The van der Waals surface area contributed by atoms with E-state index in [1.165, 1.54) is 5.56 Å². The zero-order valence-corrected chi connectivity index (χ0v) is 18.8. The Morgan fingerprint density at radius 3 is 1.97 bits per heavy atom. The lowest BCUT2D eigenvalue weighted by Gasteiger charge is -2.18. The molecule has 0 radical (unpaired) electrons. The molecular weight excluding hydrogens is 390 g/mol. The van der Waals surface area contributed by atoms with E-state index in [9.17, 15) is 0 Å². The van der Waals surface area contributed by atoms with Crippen LogP contribution in [0, 0.1) is 0 Å². The van der Waals surface area contributed by atoms with Crippen LogP contribution in [0.25, 0.3) is 28.2 Å². The van der Waals surface area contributed by atoms with E-state index in [0.717, 1.165) is 28.2 Å². The number of nitrogens with zero attached hydrogens (tertiary/aromatic N) is 3. The van der Waals surface area contributed by atoms with Gasteiger partial charge in [-0.25, -0.2) is 9.50 Å². The smallest absolute Gasteiger partial charge is 0.203 e. The molecule has 0 aliphatic carbocycles. The maximum Gasteiger partial charge on any atom is 0.203 e. The third kappa shape index (κ3) is 3.81. The average Bonchev–Trinajstić information content (AvgIpc) is 3.22. The number of hydrogen-bond donors (Lipinski definition) is 0. The van der Waals surface area contributed by atoms with Gasteiger partial charge >= 0.3 is 0 Å². The molecule has 0 saturated carbocycles. The Kier molecular flexibility index (Phi) is 5.31. The third-order valence-electron chi connectivity index (χ3n) is 5.37. The van der Waals surface area contributed by atoms with Crippen molar-refractivity contribution in [3.05, 3.63) is 60.3 Å². The highest BCUT2D eigenvalue weighted by atomic mass is 16.5. The SMILES string of the molecule is COc1cc(-c2ccnc3cc(-c4ccc(C(C)(C)C)cc4)nn23)cc(OC)c1OC. The second-order valence-corrected chi connectivity index (χ2v) is 8.37. The van der Waals surface area contributed by atoms with Gasteiger partial charge in [-0.3, -0.25) is 0 Å². The lowest BCUT2D eigenvalue weighted by atomic mass is 9.86. The molecule has 0 bridgehead atoms. The van der Waals surface area contributed by atoms with Crippen LogP contribution in [0.3, 0.4) is 0 Å². The molecule has 0 unspecified atom stereocenters. The Labute approximate surface area is 182 Å². The summed E-state index contributed by atoms with van der Waals surface area (Å²) in [7, 11) is 4.81. The largest absolute Gasteiger partial charge is 0.493 e. The Balaban J connectivity index is 1.82. The zero-order chi connectivity index (χ0) is 22.2. The highest BCUT2D eigenvalue weighted by Gasteiger charge is 2.17. The first-order valence-corrected chi connectivity index (χ1v) is 10.1. The summed E-state index contributed by atoms with van der Waals surface area (Å²) in [5.74, 6) is 1.73. The summed E-state index contributed by atoms with van der Waals surface area (Å²) in [5.41, 5.74) is 5.85. The Hall–Kier alpha value is -3.54. The molecule has 2 heterocycles. The molecule has 4 aromatic rings. The van der Waals surface area contributed by atoms with Crippen LogP contribution >= 0.6 is 0 Å².